The van der Waals surface area contributed by atoms with E-state index in [1.165, 1.54) is 24.3 Å². The van der Waals surface area contributed by atoms with E-state index < -0.39 is 117 Å². The summed E-state index contributed by atoms with van der Waals surface area (Å²) in [5, 5.41) is 44.6. The number of nitrogens with zero attached hydrogens (tertiary/aromatic N) is 4. The van der Waals surface area contributed by atoms with E-state index in [1.807, 2.05) is 0 Å². The molecule has 98 heavy (non-hydrogen) atoms. The Kier molecular flexibility index (Phi) is 22.1. The third kappa shape index (κ3) is 13.6. The third-order valence-corrected chi connectivity index (χ3v) is 18.1. The fraction of sp³-hybridized carbons (Fsp3) is 0.278. The molecule has 0 aromatic heterocycles. The van der Waals surface area contributed by atoms with Crippen molar-refractivity contribution in [3.05, 3.63) is 186 Å². The van der Waals surface area contributed by atoms with Gasteiger partial charge in [-0.05, 0) is 94.5 Å². The molecule has 514 valence electrons. The molecule has 0 bridgehead atoms. The quantitative estimate of drug-likeness (QED) is 0.0812. The van der Waals surface area contributed by atoms with Crippen LogP contribution in [0.1, 0.15) is 166 Å². The number of carboxylic acids is 4. The van der Waals surface area contributed by atoms with Crippen molar-refractivity contribution < 1.29 is 117 Å². The van der Waals surface area contributed by atoms with E-state index in [9.17, 15) is 78.0 Å². The fourth-order valence-electron chi connectivity index (χ4n) is 12.7. The smallest absolute Gasteiger partial charge is 0.327 e. The Morgan fingerprint density at radius 1 is 0.276 bits per heavy atom. The largest absolute Gasteiger partial charge is 0.480 e. The Morgan fingerprint density at radius 2 is 0.418 bits per heavy atom. The van der Waals surface area contributed by atoms with Gasteiger partial charge in [0.05, 0.1) is 0 Å². The van der Waals surface area contributed by atoms with Gasteiger partial charge in [-0.3, -0.25) is 58.0 Å². The number of benzene rings is 8. The molecule has 4 heterocycles. The maximum Gasteiger partial charge on any atom is 0.327 e. The van der Waals surface area contributed by atoms with Crippen molar-refractivity contribution >= 4 is 161 Å². The van der Waals surface area contributed by atoms with E-state index >= 15 is 0 Å². The van der Waals surface area contributed by atoms with Gasteiger partial charge in [-0.15, -0.1) is 0 Å². The van der Waals surface area contributed by atoms with Crippen molar-refractivity contribution in [2.24, 2.45) is 21.7 Å². The van der Waals surface area contributed by atoms with Gasteiger partial charge in [-0.25, -0.2) is 19.2 Å². The van der Waals surface area contributed by atoms with Crippen LogP contribution in [0.5, 0.6) is 0 Å². The van der Waals surface area contributed by atoms with Crippen LogP contribution in [-0.2, 0) is 58.1 Å². The third-order valence-electron chi connectivity index (χ3n) is 16.8. The molecule has 12 rings (SSSR count). The molecule has 4 aliphatic heterocycles. The standard InChI is InChI=1S/4C18H16ClNO4.2Rh/c4*1-18(2,3)14(17(23)24)20-15(21)10-6-4-5-9-12(19)8-7-11(13(9)10)16(20)22;;/h4*4-8,14H,1-3H3,(H,23,24);;/t4*14-;;/m1111../s1. The average molecular weight is 1590 g/mol. The molecule has 8 aromatic rings. The van der Waals surface area contributed by atoms with Crippen molar-refractivity contribution in [2.75, 3.05) is 0 Å². The second-order valence-corrected chi connectivity index (χ2v) is 29.3. The van der Waals surface area contributed by atoms with Crippen molar-refractivity contribution in [1.29, 1.82) is 0 Å². The number of amides is 8. The van der Waals surface area contributed by atoms with Gasteiger partial charge >= 0.3 is 23.9 Å². The van der Waals surface area contributed by atoms with Gasteiger partial charge < -0.3 is 20.4 Å². The van der Waals surface area contributed by atoms with Gasteiger partial charge in [-0.1, -0.05) is 178 Å². The van der Waals surface area contributed by atoms with E-state index in [1.54, 1.807) is 180 Å². The Bertz CT molecular complexity index is 4110. The minimum atomic E-state index is -1.27. The first-order valence-electron chi connectivity index (χ1n) is 29.8. The SMILES string of the molecule is CC(C)(C)[C@@H](C(=O)O)N1C(=O)c2cccc3c(Cl)ccc(c23)C1=O.CC(C)(C)[C@@H](C(=O)O)N1C(=O)c2cccc3c(Cl)ccc(c23)C1=O.CC(C)(C)[C@@H](C(=O)O)N1C(=O)c2cccc3c(Cl)ccc(c23)C1=O.CC(C)(C)[C@@H](C(=O)O)N1C(=O)c2cccc3c(Cl)ccc(c23)C1=O.[Rh].[Rh]. The van der Waals surface area contributed by atoms with E-state index in [0.717, 1.165) is 19.6 Å². The molecule has 0 unspecified atom stereocenters. The van der Waals surface area contributed by atoms with E-state index in [-0.39, 0.29) is 39.0 Å². The minimum Gasteiger partial charge on any atom is -0.480 e. The van der Waals surface area contributed by atoms with Gasteiger partial charge in [0.1, 0.15) is 24.2 Å². The number of carboxylic acid groups (broad SMARTS) is 4. The molecule has 8 aromatic carbocycles. The summed E-state index contributed by atoms with van der Waals surface area (Å²) in [7, 11) is 0. The number of carbonyl (C=O) groups is 12. The maximum atomic E-state index is 12.9. The van der Waals surface area contributed by atoms with Crippen molar-refractivity contribution in [3.63, 3.8) is 0 Å². The monoisotopic (exact) mass is 1590 g/mol. The Balaban J connectivity index is 0.000000183. The van der Waals surface area contributed by atoms with Crippen LogP contribution in [0, 0.1) is 21.7 Å². The summed E-state index contributed by atoms with van der Waals surface area (Å²) in [5.41, 5.74) is -0.908. The zero-order valence-corrected chi connectivity index (χ0v) is 60.8. The summed E-state index contributed by atoms with van der Waals surface area (Å²) in [6.45, 7) is 20.2. The zero-order valence-electron chi connectivity index (χ0n) is 54.5. The Hall–Kier alpha value is -8.35. The Morgan fingerprint density at radius 3 is 0.551 bits per heavy atom. The van der Waals surface area contributed by atoms with Gasteiger partial charge in [-0.2, -0.15) is 0 Å². The number of hydrogen-bond acceptors (Lipinski definition) is 12. The Labute approximate surface area is 607 Å². The van der Waals surface area contributed by atoms with E-state index in [0.29, 0.717) is 108 Å². The molecule has 4 aliphatic rings. The number of halogens is 4. The second-order valence-electron chi connectivity index (χ2n) is 27.6. The molecule has 20 nitrogen and oxygen atoms in total. The van der Waals surface area contributed by atoms with Crippen LogP contribution in [0.4, 0.5) is 0 Å². The van der Waals surface area contributed by atoms with Crippen molar-refractivity contribution in [3.8, 4) is 0 Å². The van der Waals surface area contributed by atoms with Crippen LogP contribution in [-0.4, -0.2) is 135 Å². The van der Waals surface area contributed by atoms with Crippen molar-refractivity contribution in [1.82, 2.24) is 19.6 Å². The zero-order chi connectivity index (χ0) is 71.2. The van der Waals surface area contributed by atoms with Crippen LogP contribution in [0.2, 0.25) is 20.1 Å². The number of rotatable bonds is 8. The number of carbonyl (C=O) groups excluding carboxylic acids is 8. The molecule has 0 saturated carbocycles. The van der Waals surface area contributed by atoms with Crippen LogP contribution in [0.25, 0.3) is 43.1 Å². The number of aliphatic carboxylic acids is 4. The van der Waals surface area contributed by atoms with Gasteiger partial charge in [0, 0.05) is 147 Å². The summed E-state index contributed by atoms with van der Waals surface area (Å²) >= 11 is 24.7. The molecule has 0 aliphatic carbocycles. The molecule has 0 fully saturated rings. The number of hydrogen-bond donors (Lipinski definition) is 4. The summed E-state index contributed by atoms with van der Waals surface area (Å²) < 4.78 is 0. The molecule has 8 amide bonds. The van der Waals surface area contributed by atoms with Crippen molar-refractivity contribution in [2.45, 2.75) is 107 Å². The number of imide groups is 4. The van der Waals surface area contributed by atoms with Crippen LogP contribution < -0.4 is 0 Å². The average Bonchev–Trinajstić information content (AvgIpc) is 0.754. The first-order valence-corrected chi connectivity index (χ1v) is 31.4. The fourth-order valence-corrected chi connectivity index (χ4v) is 13.6. The molecule has 26 heteroatoms. The molecule has 4 atom stereocenters. The van der Waals surface area contributed by atoms with E-state index in [2.05, 4.69) is 0 Å². The minimum absolute atomic E-state index is 0. The van der Waals surface area contributed by atoms with Gasteiger partial charge in [0.15, 0.2) is 0 Å². The predicted octanol–water partition coefficient (Wildman–Crippen LogP) is 14.3. The molecular formula is C72H64Cl4N4O16Rh2. The maximum absolute atomic E-state index is 12.9. The van der Waals surface area contributed by atoms with Crippen LogP contribution in [0.15, 0.2) is 121 Å². The molecular weight excluding hydrogens is 1520 g/mol. The first kappa shape index (κ1) is 77.0. The summed E-state index contributed by atoms with van der Waals surface area (Å²) in [4.78, 5) is 154. The summed E-state index contributed by atoms with van der Waals surface area (Å²) in [5.74, 6) is -9.73. The van der Waals surface area contributed by atoms with Gasteiger partial charge in [0.25, 0.3) is 47.3 Å². The topological polar surface area (TPSA) is 299 Å². The summed E-state index contributed by atoms with van der Waals surface area (Å²) in [6.07, 6.45) is 0. The molecule has 0 saturated heterocycles. The molecule has 2 radical (unpaired) electrons. The molecule has 0 spiro atoms. The molecule has 4 N–H and O–H groups in total. The normalized spacial score (nSPS) is 15.4. The summed E-state index contributed by atoms with van der Waals surface area (Å²) in [6, 6.07) is 27.4. The second kappa shape index (κ2) is 28.1. The van der Waals surface area contributed by atoms with Crippen LogP contribution >= 0.6 is 46.4 Å². The van der Waals surface area contributed by atoms with Gasteiger partial charge in [0.2, 0.25) is 0 Å². The first-order chi connectivity index (χ1) is 44.6. The predicted molar refractivity (Wildman–Crippen MR) is 361 cm³/mol. The van der Waals surface area contributed by atoms with Crippen LogP contribution in [0.3, 0.4) is 0 Å². The van der Waals surface area contributed by atoms with E-state index in [4.69, 9.17) is 46.4 Å².